The van der Waals surface area contributed by atoms with E-state index in [2.05, 4.69) is 15.2 Å². The van der Waals surface area contributed by atoms with Crippen LogP contribution < -0.4 is 0 Å². The van der Waals surface area contributed by atoms with Gasteiger partial charge in [0.25, 0.3) is 0 Å². The summed E-state index contributed by atoms with van der Waals surface area (Å²) in [5.41, 5.74) is 2.11. The van der Waals surface area contributed by atoms with Crippen molar-refractivity contribution in [3.63, 3.8) is 0 Å². The average molecular weight is 200 g/mol. The summed E-state index contributed by atoms with van der Waals surface area (Å²) >= 11 is 7.16. The molecule has 0 atom stereocenters. The SMILES string of the molecule is Cc1[nH]ncc1-c1cnc(Cl)s1. The normalized spacial score (nSPS) is 10.5. The topological polar surface area (TPSA) is 41.6 Å². The summed E-state index contributed by atoms with van der Waals surface area (Å²) in [6, 6.07) is 0. The molecular formula is C7H6ClN3S. The third-order valence-electron chi connectivity index (χ3n) is 1.57. The lowest BCUT2D eigenvalue weighted by Crippen LogP contribution is -1.73. The number of nitrogens with one attached hydrogen (secondary N) is 1. The summed E-state index contributed by atoms with van der Waals surface area (Å²) in [4.78, 5) is 5.00. The maximum absolute atomic E-state index is 5.71. The minimum atomic E-state index is 0.561. The number of aromatic nitrogens is 3. The summed E-state index contributed by atoms with van der Waals surface area (Å²) in [7, 11) is 0. The second kappa shape index (κ2) is 2.88. The van der Waals surface area contributed by atoms with Gasteiger partial charge >= 0.3 is 0 Å². The van der Waals surface area contributed by atoms with E-state index in [1.165, 1.54) is 11.3 Å². The standard InChI is InChI=1S/C7H6ClN3S/c1-4-5(2-10-11-4)6-3-9-7(8)12-6/h2-3H,1H3,(H,10,11). The van der Waals surface area contributed by atoms with Crippen LogP contribution in [0.15, 0.2) is 12.4 Å². The summed E-state index contributed by atoms with van der Waals surface area (Å²) in [6.07, 6.45) is 3.53. The van der Waals surface area contributed by atoms with Gasteiger partial charge in [0.1, 0.15) is 0 Å². The maximum atomic E-state index is 5.71. The van der Waals surface area contributed by atoms with Gasteiger partial charge in [0.2, 0.25) is 0 Å². The Labute approximate surface area is 78.4 Å². The van der Waals surface area contributed by atoms with Crippen LogP contribution in [0.1, 0.15) is 5.69 Å². The highest BCUT2D eigenvalue weighted by Gasteiger charge is 2.06. The van der Waals surface area contributed by atoms with Gasteiger partial charge in [-0.25, -0.2) is 4.98 Å². The van der Waals surface area contributed by atoms with Gasteiger partial charge in [-0.3, -0.25) is 5.10 Å². The molecule has 0 radical (unpaired) electrons. The molecule has 0 spiro atoms. The van der Waals surface area contributed by atoms with Crippen molar-refractivity contribution in [1.29, 1.82) is 0 Å². The number of H-pyrrole nitrogens is 1. The third kappa shape index (κ3) is 1.23. The lowest BCUT2D eigenvalue weighted by atomic mass is 10.2. The molecule has 0 aliphatic rings. The summed E-state index contributed by atoms with van der Waals surface area (Å²) in [5, 5.41) is 6.78. The lowest BCUT2D eigenvalue weighted by Gasteiger charge is -1.89. The zero-order chi connectivity index (χ0) is 8.55. The second-order valence-corrected chi connectivity index (χ2v) is 4.00. The maximum Gasteiger partial charge on any atom is 0.184 e. The number of rotatable bonds is 1. The molecule has 0 aromatic carbocycles. The molecule has 0 saturated heterocycles. The predicted octanol–water partition coefficient (Wildman–Crippen LogP) is 2.50. The van der Waals surface area contributed by atoms with Gasteiger partial charge in [-0.2, -0.15) is 5.10 Å². The van der Waals surface area contributed by atoms with E-state index in [9.17, 15) is 0 Å². The van der Waals surface area contributed by atoms with Crippen LogP contribution in [-0.4, -0.2) is 15.2 Å². The predicted molar refractivity (Wildman–Crippen MR) is 49.4 cm³/mol. The monoisotopic (exact) mass is 199 g/mol. The minimum absolute atomic E-state index is 0.561. The third-order valence-corrected chi connectivity index (χ3v) is 2.72. The van der Waals surface area contributed by atoms with Crippen LogP contribution in [-0.2, 0) is 0 Å². The smallest absolute Gasteiger partial charge is 0.184 e. The van der Waals surface area contributed by atoms with Gasteiger partial charge in [0, 0.05) is 17.5 Å². The first-order valence-electron chi connectivity index (χ1n) is 3.39. The molecular weight excluding hydrogens is 194 g/mol. The molecule has 2 rings (SSSR count). The van der Waals surface area contributed by atoms with Crippen LogP contribution in [0, 0.1) is 6.92 Å². The van der Waals surface area contributed by atoms with Crippen molar-refractivity contribution in [3.05, 3.63) is 22.6 Å². The Hall–Kier alpha value is -0.870. The van der Waals surface area contributed by atoms with E-state index in [-0.39, 0.29) is 0 Å². The highest BCUT2D eigenvalue weighted by molar-refractivity contribution is 7.18. The van der Waals surface area contributed by atoms with Crippen LogP contribution in [0.5, 0.6) is 0 Å². The molecule has 2 aromatic heterocycles. The second-order valence-electron chi connectivity index (χ2n) is 2.39. The number of thiazole rings is 1. The number of hydrogen-bond donors (Lipinski definition) is 1. The molecule has 3 nitrogen and oxygen atoms in total. The lowest BCUT2D eigenvalue weighted by molar-refractivity contribution is 1.05. The van der Waals surface area contributed by atoms with Crippen molar-refractivity contribution < 1.29 is 0 Å². The molecule has 12 heavy (non-hydrogen) atoms. The van der Waals surface area contributed by atoms with Gasteiger partial charge < -0.3 is 0 Å². The number of aryl methyl sites for hydroxylation is 1. The largest absolute Gasteiger partial charge is 0.282 e. The Morgan fingerprint density at radius 3 is 2.83 bits per heavy atom. The first-order valence-corrected chi connectivity index (χ1v) is 4.58. The molecule has 5 heteroatoms. The van der Waals surface area contributed by atoms with Crippen molar-refractivity contribution in [2.45, 2.75) is 6.92 Å². The number of halogens is 1. The first kappa shape index (κ1) is 7.76. The molecule has 62 valence electrons. The molecule has 0 bridgehead atoms. The van der Waals surface area contributed by atoms with E-state index < -0.39 is 0 Å². The van der Waals surface area contributed by atoms with E-state index in [0.29, 0.717) is 4.47 Å². The molecule has 0 fully saturated rings. The summed E-state index contributed by atoms with van der Waals surface area (Å²) in [6.45, 7) is 1.97. The van der Waals surface area contributed by atoms with Crippen LogP contribution in [0.3, 0.4) is 0 Å². The van der Waals surface area contributed by atoms with Crippen molar-refractivity contribution in [3.8, 4) is 10.4 Å². The average Bonchev–Trinajstić information content (AvgIpc) is 2.58. The highest BCUT2D eigenvalue weighted by atomic mass is 35.5. The number of aromatic amines is 1. The fraction of sp³-hybridized carbons (Fsp3) is 0.143. The number of nitrogens with zero attached hydrogens (tertiary/aromatic N) is 2. The van der Waals surface area contributed by atoms with Crippen molar-refractivity contribution >= 4 is 22.9 Å². The van der Waals surface area contributed by atoms with E-state index in [1.807, 2.05) is 6.92 Å². The van der Waals surface area contributed by atoms with Gasteiger partial charge in [-0.1, -0.05) is 11.6 Å². The Kier molecular flexibility index (Phi) is 1.86. The quantitative estimate of drug-likeness (QED) is 0.767. The van der Waals surface area contributed by atoms with E-state index in [0.717, 1.165) is 16.1 Å². The zero-order valence-electron chi connectivity index (χ0n) is 6.34. The van der Waals surface area contributed by atoms with Crippen LogP contribution in [0.2, 0.25) is 4.47 Å². The van der Waals surface area contributed by atoms with Gasteiger partial charge in [-0.05, 0) is 6.92 Å². The summed E-state index contributed by atoms with van der Waals surface area (Å²) < 4.78 is 0.561. The summed E-state index contributed by atoms with van der Waals surface area (Å²) in [5.74, 6) is 0. The molecule has 0 aliphatic heterocycles. The Morgan fingerprint density at radius 1 is 1.50 bits per heavy atom. The molecule has 1 N–H and O–H groups in total. The Bertz CT molecular complexity index is 393. The zero-order valence-corrected chi connectivity index (χ0v) is 7.91. The van der Waals surface area contributed by atoms with Gasteiger partial charge in [0.05, 0.1) is 11.1 Å². The molecule has 0 aliphatic carbocycles. The molecule has 0 amide bonds. The molecule has 2 aromatic rings. The first-order chi connectivity index (χ1) is 5.77. The Balaban J connectivity index is 2.50. The fourth-order valence-corrected chi connectivity index (χ4v) is 1.98. The van der Waals surface area contributed by atoms with E-state index in [4.69, 9.17) is 11.6 Å². The molecule has 2 heterocycles. The highest BCUT2D eigenvalue weighted by Crippen LogP contribution is 2.29. The van der Waals surface area contributed by atoms with Crippen molar-refractivity contribution in [2.75, 3.05) is 0 Å². The van der Waals surface area contributed by atoms with Gasteiger partial charge in [-0.15, -0.1) is 11.3 Å². The molecule has 0 unspecified atom stereocenters. The Morgan fingerprint density at radius 2 is 2.33 bits per heavy atom. The number of hydrogen-bond acceptors (Lipinski definition) is 3. The van der Waals surface area contributed by atoms with E-state index >= 15 is 0 Å². The fourth-order valence-electron chi connectivity index (χ4n) is 0.976. The van der Waals surface area contributed by atoms with Crippen LogP contribution in [0.25, 0.3) is 10.4 Å². The van der Waals surface area contributed by atoms with Crippen LogP contribution >= 0.6 is 22.9 Å². The minimum Gasteiger partial charge on any atom is -0.282 e. The van der Waals surface area contributed by atoms with E-state index in [1.54, 1.807) is 12.4 Å². The van der Waals surface area contributed by atoms with Crippen molar-refractivity contribution in [2.24, 2.45) is 0 Å². The van der Waals surface area contributed by atoms with Gasteiger partial charge in [0.15, 0.2) is 4.47 Å². The molecule has 0 saturated carbocycles. The van der Waals surface area contributed by atoms with Crippen molar-refractivity contribution in [1.82, 2.24) is 15.2 Å². The van der Waals surface area contributed by atoms with Crippen LogP contribution in [0.4, 0.5) is 0 Å².